The maximum Gasteiger partial charge on any atom is 0.246 e. The van der Waals surface area contributed by atoms with Crippen LogP contribution >= 0.6 is 0 Å². The molecule has 2 N–H and O–H groups in total. The van der Waals surface area contributed by atoms with Crippen molar-refractivity contribution in [2.24, 2.45) is 5.92 Å². The van der Waals surface area contributed by atoms with Gasteiger partial charge in [0.2, 0.25) is 5.91 Å². The van der Waals surface area contributed by atoms with Gasteiger partial charge in [-0.25, -0.2) is 8.78 Å². The second kappa shape index (κ2) is 12.5. The number of amides is 1. The monoisotopic (exact) mass is 547 g/mol. The number of aryl methyl sites for hydroxylation is 1. The average Bonchev–Trinajstić information content (AvgIpc) is 3.41. The van der Waals surface area contributed by atoms with Crippen molar-refractivity contribution in [1.82, 2.24) is 15.2 Å². The number of carbonyl (C=O) groups excluding carboxylic acids is 2. The van der Waals surface area contributed by atoms with Crippen LogP contribution in [0.4, 0.5) is 8.78 Å². The van der Waals surface area contributed by atoms with E-state index in [-0.39, 0.29) is 29.2 Å². The number of para-hydroxylation sites is 1. The minimum atomic E-state index is -0.918. The first-order valence-electron chi connectivity index (χ1n) is 14.6. The van der Waals surface area contributed by atoms with E-state index in [1.807, 2.05) is 6.92 Å². The molecule has 2 fully saturated rings. The topological polar surface area (TPSA) is 65.2 Å². The van der Waals surface area contributed by atoms with Crippen molar-refractivity contribution in [2.45, 2.75) is 76.8 Å². The number of ketones is 1. The van der Waals surface area contributed by atoms with Crippen molar-refractivity contribution in [3.05, 3.63) is 77.0 Å². The molecule has 1 saturated carbocycles. The van der Waals surface area contributed by atoms with Gasteiger partial charge in [0.05, 0.1) is 6.04 Å². The Bertz CT molecular complexity index is 1360. The van der Waals surface area contributed by atoms with Gasteiger partial charge in [0.15, 0.2) is 11.6 Å². The number of piperidine rings is 1. The van der Waals surface area contributed by atoms with E-state index in [1.165, 1.54) is 41.6 Å². The van der Waals surface area contributed by atoms with Crippen molar-refractivity contribution in [3.8, 4) is 0 Å². The third-order valence-electron chi connectivity index (χ3n) is 8.87. The Labute approximate surface area is 235 Å². The van der Waals surface area contributed by atoms with E-state index < -0.39 is 11.6 Å². The number of Topliss-reactive ketones (excluding diaryl/α,β-unsaturated/α-hetero) is 1. The molecule has 1 aliphatic heterocycles. The van der Waals surface area contributed by atoms with E-state index in [4.69, 9.17) is 0 Å². The fourth-order valence-electron chi connectivity index (χ4n) is 6.54. The Hall–Kier alpha value is -3.32. The molecule has 5 rings (SSSR count). The fourth-order valence-corrected chi connectivity index (χ4v) is 6.54. The zero-order chi connectivity index (χ0) is 28.2. The number of carbonyl (C=O) groups is 2. The molecule has 1 atom stereocenters. The normalized spacial score (nSPS) is 21.2. The summed E-state index contributed by atoms with van der Waals surface area (Å²) in [6.45, 7) is 4.58. The Morgan fingerprint density at radius 3 is 2.50 bits per heavy atom. The Morgan fingerprint density at radius 1 is 1.07 bits per heavy atom. The number of hydrogen-bond donors (Lipinski definition) is 2. The van der Waals surface area contributed by atoms with Gasteiger partial charge in [-0.2, -0.15) is 0 Å². The first kappa shape index (κ1) is 28.2. The van der Waals surface area contributed by atoms with Crippen LogP contribution in [-0.2, 0) is 9.59 Å². The molecule has 2 aromatic carbocycles. The average molecular weight is 548 g/mol. The van der Waals surface area contributed by atoms with Crippen molar-refractivity contribution in [1.29, 1.82) is 0 Å². The molecule has 1 amide bonds. The lowest BCUT2D eigenvalue weighted by Crippen LogP contribution is -2.51. The van der Waals surface area contributed by atoms with Gasteiger partial charge in [-0.15, -0.1) is 0 Å². The molecule has 3 aromatic rings. The van der Waals surface area contributed by atoms with E-state index in [1.54, 1.807) is 4.90 Å². The molecule has 2 aliphatic rings. The summed E-state index contributed by atoms with van der Waals surface area (Å²) in [4.78, 5) is 31.0. The first-order valence-corrected chi connectivity index (χ1v) is 14.6. The van der Waals surface area contributed by atoms with Crippen molar-refractivity contribution < 1.29 is 18.4 Å². The molecule has 0 spiro atoms. The van der Waals surface area contributed by atoms with Gasteiger partial charge in [0.1, 0.15) is 5.78 Å². The molecule has 212 valence electrons. The summed E-state index contributed by atoms with van der Waals surface area (Å²) in [7, 11) is 0. The minimum Gasteiger partial charge on any atom is -0.361 e. The highest BCUT2D eigenvalue weighted by molar-refractivity contribution is 5.92. The molecule has 2 heterocycles. The second-order valence-corrected chi connectivity index (χ2v) is 11.4. The zero-order valence-corrected chi connectivity index (χ0v) is 23.4. The van der Waals surface area contributed by atoms with Crippen LogP contribution in [0.15, 0.2) is 48.7 Å². The number of nitrogens with one attached hydrogen (secondary N) is 2. The van der Waals surface area contributed by atoms with Gasteiger partial charge < -0.3 is 15.2 Å². The molecule has 1 aliphatic carbocycles. The Kier molecular flexibility index (Phi) is 8.79. The summed E-state index contributed by atoms with van der Waals surface area (Å²) >= 11 is 0. The van der Waals surface area contributed by atoms with Gasteiger partial charge in [-0.1, -0.05) is 25.1 Å². The summed E-state index contributed by atoms with van der Waals surface area (Å²) < 4.78 is 27.3. The zero-order valence-electron chi connectivity index (χ0n) is 23.4. The third-order valence-corrected chi connectivity index (χ3v) is 8.87. The van der Waals surface area contributed by atoms with Gasteiger partial charge >= 0.3 is 0 Å². The number of benzene rings is 2. The van der Waals surface area contributed by atoms with Crippen LogP contribution in [0, 0.1) is 24.5 Å². The summed E-state index contributed by atoms with van der Waals surface area (Å²) in [5.74, 6) is -0.955. The van der Waals surface area contributed by atoms with E-state index >= 15 is 0 Å². The van der Waals surface area contributed by atoms with Crippen LogP contribution in [0.3, 0.4) is 0 Å². The lowest BCUT2D eigenvalue weighted by Gasteiger charge is -2.38. The van der Waals surface area contributed by atoms with Crippen LogP contribution in [0.2, 0.25) is 0 Å². The predicted molar refractivity (Wildman–Crippen MR) is 155 cm³/mol. The maximum absolute atomic E-state index is 13.7. The Balaban J connectivity index is 1.15. The summed E-state index contributed by atoms with van der Waals surface area (Å²) in [5, 5.41) is 5.06. The number of nitrogens with zero attached hydrogens (tertiary/aromatic N) is 1. The van der Waals surface area contributed by atoms with E-state index in [0.717, 1.165) is 44.6 Å². The number of hydrogen-bond acceptors (Lipinski definition) is 3. The quantitative estimate of drug-likeness (QED) is 0.310. The molecule has 40 heavy (non-hydrogen) atoms. The number of likely N-dealkylation sites (tertiary alicyclic amines) is 1. The fraction of sp³-hybridized carbons (Fsp3) is 0.455. The van der Waals surface area contributed by atoms with Crippen LogP contribution in [0.25, 0.3) is 17.0 Å². The third kappa shape index (κ3) is 6.20. The number of halogens is 2. The summed E-state index contributed by atoms with van der Waals surface area (Å²) in [6, 6.07) is 11.2. The first-order chi connectivity index (χ1) is 19.3. The van der Waals surface area contributed by atoms with E-state index in [9.17, 15) is 18.4 Å². The number of aromatic nitrogens is 1. The molecular formula is C33H39F2N3O2. The number of rotatable bonds is 8. The molecule has 0 bridgehead atoms. The summed E-state index contributed by atoms with van der Waals surface area (Å²) in [6.07, 6.45) is 11.4. The van der Waals surface area contributed by atoms with Crippen molar-refractivity contribution in [2.75, 3.05) is 13.1 Å². The largest absolute Gasteiger partial charge is 0.361 e. The highest BCUT2D eigenvalue weighted by Crippen LogP contribution is 2.37. The standard InChI is InChI=1S/C33H39F2N3O2/c1-3-30(39)33(37-25-11-9-23(10-12-25)27-20-36-29-7-5-4-6-26(27)29)24-14-16-38(17-15-24)31(40)13-8-22-18-21(2)32(35)28(34)19-22/h4-8,13,18-20,23-25,33,36-37H,3,9-12,14-17H2,1-2H3/b13-8+. The van der Waals surface area contributed by atoms with Crippen LogP contribution in [0.1, 0.15) is 74.5 Å². The molecule has 0 radical (unpaired) electrons. The molecule has 1 unspecified atom stereocenters. The lowest BCUT2D eigenvalue weighted by atomic mass is 9.80. The number of fused-ring (bicyclic) bond motifs is 1. The van der Waals surface area contributed by atoms with Gasteiger partial charge in [-0.05, 0) is 98.2 Å². The maximum atomic E-state index is 13.7. The lowest BCUT2D eigenvalue weighted by molar-refractivity contribution is -0.128. The van der Waals surface area contributed by atoms with Crippen LogP contribution in [-0.4, -0.2) is 46.7 Å². The van der Waals surface area contributed by atoms with Crippen LogP contribution in [0.5, 0.6) is 0 Å². The Morgan fingerprint density at radius 2 is 1.80 bits per heavy atom. The number of H-pyrrole nitrogens is 1. The van der Waals surface area contributed by atoms with Crippen molar-refractivity contribution in [3.63, 3.8) is 0 Å². The SMILES string of the molecule is CCC(=O)C(NC1CCC(c2c[nH]c3ccccc23)CC1)C1CCN(C(=O)/C=C/c2cc(C)c(F)c(F)c2)CC1. The summed E-state index contributed by atoms with van der Waals surface area (Å²) in [5.41, 5.74) is 3.25. The molecule has 1 aromatic heterocycles. The molecule has 7 heteroatoms. The van der Waals surface area contributed by atoms with Crippen molar-refractivity contribution >= 4 is 28.7 Å². The molecule has 5 nitrogen and oxygen atoms in total. The highest BCUT2D eigenvalue weighted by Gasteiger charge is 2.34. The molecule has 1 saturated heterocycles. The number of aromatic amines is 1. The second-order valence-electron chi connectivity index (χ2n) is 11.4. The van der Waals surface area contributed by atoms with Gasteiger partial charge in [0, 0.05) is 48.7 Å². The van der Waals surface area contributed by atoms with Gasteiger partial charge in [0.25, 0.3) is 0 Å². The van der Waals surface area contributed by atoms with Crippen LogP contribution < -0.4 is 5.32 Å². The smallest absolute Gasteiger partial charge is 0.246 e. The van der Waals surface area contributed by atoms with E-state index in [2.05, 4.69) is 40.8 Å². The predicted octanol–water partition coefficient (Wildman–Crippen LogP) is 6.67. The highest BCUT2D eigenvalue weighted by atomic mass is 19.2. The van der Waals surface area contributed by atoms with Gasteiger partial charge in [-0.3, -0.25) is 9.59 Å². The molecular weight excluding hydrogens is 508 g/mol. The van der Waals surface area contributed by atoms with E-state index in [0.29, 0.717) is 37.0 Å². The minimum absolute atomic E-state index is 0.150.